The first-order valence-electron chi connectivity index (χ1n) is 8.59. The first-order valence-corrected chi connectivity index (χ1v) is 8.59. The Morgan fingerprint density at radius 3 is 2.82 bits per heavy atom. The average molecular weight is 380 g/mol. The van der Waals surface area contributed by atoms with E-state index in [-0.39, 0.29) is 17.0 Å². The molecule has 1 aliphatic rings. The summed E-state index contributed by atoms with van der Waals surface area (Å²) in [6, 6.07) is 11.3. The smallest absolute Gasteiger partial charge is 0.270 e. The van der Waals surface area contributed by atoms with Crippen LogP contribution in [0.25, 0.3) is 11.4 Å². The lowest BCUT2D eigenvalue weighted by atomic mass is 10.1. The fourth-order valence-electron chi connectivity index (χ4n) is 2.87. The molecular weight excluding hydrogens is 364 g/mol. The van der Waals surface area contributed by atoms with Crippen molar-refractivity contribution in [2.45, 2.75) is 18.9 Å². The summed E-state index contributed by atoms with van der Waals surface area (Å²) in [5.74, 6) is 0.364. The van der Waals surface area contributed by atoms with Gasteiger partial charge >= 0.3 is 0 Å². The van der Waals surface area contributed by atoms with Crippen LogP contribution in [0.3, 0.4) is 0 Å². The number of non-ortho nitro benzene ring substituents is 1. The molecule has 1 aromatic heterocycles. The molecular formula is C18H16N6O4. The van der Waals surface area contributed by atoms with Crippen molar-refractivity contribution in [2.75, 3.05) is 12.4 Å². The molecule has 28 heavy (non-hydrogen) atoms. The molecule has 10 heteroatoms. The van der Waals surface area contributed by atoms with E-state index in [1.165, 1.54) is 25.3 Å². The summed E-state index contributed by atoms with van der Waals surface area (Å²) in [5.41, 5.74) is 1.16. The minimum Gasteiger partial charge on any atom is -0.496 e. The minimum atomic E-state index is -0.561. The number of nitro benzene ring substituents is 1. The molecule has 2 aromatic carbocycles. The third kappa shape index (κ3) is 3.39. The summed E-state index contributed by atoms with van der Waals surface area (Å²) >= 11 is 0. The first kappa shape index (κ1) is 17.6. The highest BCUT2D eigenvalue weighted by molar-refractivity contribution is 6.06. The van der Waals surface area contributed by atoms with Gasteiger partial charge in [0.05, 0.1) is 23.6 Å². The molecule has 0 radical (unpaired) electrons. The monoisotopic (exact) mass is 380 g/mol. The lowest BCUT2D eigenvalue weighted by Crippen LogP contribution is -2.13. The minimum absolute atomic E-state index is 0.0740. The molecule has 1 saturated carbocycles. The van der Waals surface area contributed by atoms with Gasteiger partial charge in [-0.15, -0.1) is 5.10 Å². The van der Waals surface area contributed by atoms with Crippen molar-refractivity contribution in [3.63, 3.8) is 0 Å². The predicted octanol–water partition coefficient (Wildman–Crippen LogP) is 2.84. The predicted molar refractivity (Wildman–Crippen MR) is 99.1 cm³/mol. The molecule has 1 fully saturated rings. The normalized spacial score (nSPS) is 13.2. The SMILES string of the molecule is COc1ccc([N+](=O)[O-])cc1C(=O)Nc1cccc(-c2nnnn2C2CC2)c1. The largest absolute Gasteiger partial charge is 0.496 e. The number of benzene rings is 2. The molecule has 3 aromatic rings. The van der Waals surface area contributed by atoms with Crippen molar-refractivity contribution in [3.8, 4) is 17.1 Å². The van der Waals surface area contributed by atoms with Crippen LogP contribution < -0.4 is 10.1 Å². The highest BCUT2D eigenvalue weighted by atomic mass is 16.6. The molecule has 4 rings (SSSR count). The van der Waals surface area contributed by atoms with E-state index in [4.69, 9.17) is 4.74 Å². The number of hydrogen-bond donors (Lipinski definition) is 1. The van der Waals surface area contributed by atoms with Gasteiger partial charge in [0.2, 0.25) is 0 Å². The van der Waals surface area contributed by atoms with Crippen LogP contribution in [-0.4, -0.2) is 38.1 Å². The fourth-order valence-corrected chi connectivity index (χ4v) is 2.87. The number of nitrogens with zero attached hydrogens (tertiary/aromatic N) is 5. The number of nitro groups is 1. The molecule has 1 heterocycles. The van der Waals surface area contributed by atoms with E-state index >= 15 is 0 Å². The van der Waals surface area contributed by atoms with Gasteiger partial charge in [-0.05, 0) is 41.5 Å². The molecule has 0 aliphatic heterocycles. The number of rotatable bonds is 6. The van der Waals surface area contributed by atoms with Crippen molar-refractivity contribution in [1.82, 2.24) is 20.2 Å². The maximum absolute atomic E-state index is 12.7. The third-order valence-corrected chi connectivity index (χ3v) is 4.40. The standard InChI is InChI=1S/C18H16N6O4/c1-28-16-8-7-14(24(26)27)10-15(16)18(25)19-12-4-2-3-11(9-12)17-20-21-22-23(17)13-5-6-13/h2-4,7-10,13H,5-6H2,1H3,(H,19,25). The lowest BCUT2D eigenvalue weighted by molar-refractivity contribution is -0.384. The number of hydrogen-bond acceptors (Lipinski definition) is 7. The Bertz CT molecular complexity index is 1060. The number of aromatic nitrogens is 4. The third-order valence-electron chi connectivity index (χ3n) is 4.40. The summed E-state index contributed by atoms with van der Waals surface area (Å²) in [6.07, 6.45) is 2.09. The second-order valence-corrected chi connectivity index (χ2v) is 6.35. The van der Waals surface area contributed by atoms with Crippen molar-refractivity contribution in [1.29, 1.82) is 0 Å². The van der Waals surface area contributed by atoms with E-state index in [0.29, 0.717) is 17.6 Å². The Morgan fingerprint density at radius 2 is 2.11 bits per heavy atom. The number of amides is 1. The van der Waals surface area contributed by atoms with E-state index in [1.807, 2.05) is 6.07 Å². The number of anilines is 1. The number of tetrazole rings is 1. The fraction of sp³-hybridized carbons (Fsp3) is 0.222. The van der Waals surface area contributed by atoms with Crippen LogP contribution in [0.15, 0.2) is 42.5 Å². The number of carbonyl (C=O) groups is 1. The number of carbonyl (C=O) groups excluding carboxylic acids is 1. The van der Waals surface area contributed by atoms with Crippen LogP contribution >= 0.6 is 0 Å². The Balaban J connectivity index is 1.61. The Morgan fingerprint density at radius 1 is 1.29 bits per heavy atom. The molecule has 10 nitrogen and oxygen atoms in total. The molecule has 0 spiro atoms. The summed E-state index contributed by atoms with van der Waals surface area (Å²) in [4.78, 5) is 23.1. The Labute approximate surface area is 159 Å². The van der Waals surface area contributed by atoms with Crippen molar-refractivity contribution < 1.29 is 14.5 Å². The maximum Gasteiger partial charge on any atom is 0.270 e. The zero-order valence-corrected chi connectivity index (χ0v) is 14.9. The molecule has 0 atom stereocenters. The average Bonchev–Trinajstić information content (AvgIpc) is 3.43. The quantitative estimate of drug-likeness (QED) is 0.515. The summed E-state index contributed by atoms with van der Waals surface area (Å²) in [5, 5.41) is 25.6. The molecule has 0 bridgehead atoms. The van der Waals surface area contributed by atoms with Crippen LogP contribution in [0.1, 0.15) is 29.2 Å². The molecule has 1 N–H and O–H groups in total. The van der Waals surface area contributed by atoms with Gasteiger partial charge in [0.15, 0.2) is 5.82 Å². The van der Waals surface area contributed by atoms with Crippen LogP contribution in [0.2, 0.25) is 0 Å². The van der Waals surface area contributed by atoms with Crippen molar-refractivity contribution >= 4 is 17.3 Å². The summed E-state index contributed by atoms with van der Waals surface area (Å²) < 4.78 is 6.94. The van der Waals surface area contributed by atoms with E-state index in [0.717, 1.165) is 18.4 Å². The molecule has 0 unspecified atom stereocenters. The molecule has 1 amide bonds. The zero-order chi connectivity index (χ0) is 19.7. The van der Waals surface area contributed by atoms with Crippen LogP contribution in [0.5, 0.6) is 5.75 Å². The number of methoxy groups -OCH3 is 1. The lowest BCUT2D eigenvalue weighted by Gasteiger charge is -2.10. The second kappa shape index (κ2) is 7.06. The van der Waals surface area contributed by atoms with Gasteiger partial charge in [-0.3, -0.25) is 14.9 Å². The topological polar surface area (TPSA) is 125 Å². The van der Waals surface area contributed by atoms with Gasteiger partial charge in [0, 0.05) is 23.4 Å². The summed E-state index contributed by atoms with van der Waals surface area (Å²) in [6.45, 7) is 0. The Kier molecular flexibility index (Phi) is 4.44. The Hall–Kier alpha value is -3.82. The maximum atomic E-state index is 12.7. The highest BCUT2D eigenvalue weighted by Crippen LogP contribution is 2.37. The van der Waals surface area contributed by atoms with Crippen molar-refractivity contribution in [3.05, 3.63) is 58.1 Å². The van der Waals surface area contributed by atoms with E-state index in [2.05, 4.69) is 20.8 Å². The highest BCUT2D eigenvalue weighted by Gasteiger charge is 2.28. The summed E-state index contributed by atoms with van der Waals surface area (Å²) in [7, 11) is 1.40. The molecule has 0 saturated heterocycles. The zero-order valence-electron chi connectivity index (χ0n) is 14.9. The van der Waals surface area contributed by atoms with E-state index in [9.17, 15) is 14.9 Å². The number of nitrogens with one attached hydrogen (secondary N) is 1. The van der Waals surface area contributed by atoms with Crippen LogP contribution in [0.4, 0.5) is 11.4 Å². The second-order valence-electron chi connectivity index (χ2n) is 6.35. The van der Waals surface area contributed by atoms with Gasteiger partial charge < -0.3 is 10.1 Å². The number of ether oxygens (including phenoxy) is 1. The van der Waals surface area contributed by atoms with Gasteiger partial charge in [-0.25, -0.2) is 4.68 Å². The van der Waals surface area contributed by atoms with E-state index < -0.39 is 10.8 Å². The molecule has 1 aliphatic carbocycles. The van der Waals surface area contributed by atoms with Crippen molar-refractivity contribution in [2.24, 2.45) is 0 Å². The van der Waals surface area contributed by atoms with Gasteiger partial charge in [0.25, 0.3) is 11.6 Å². The van der Waals surface area contributed by atoms with E-state index in [1.54, 1.807) is 22.9 Å². The first-order chi connectivity index (χ1) is 13.6. The molecule has 142 valence electrons. The van der Waals surface area contributed by atoms with Gasteiger partial charge in [-0.1, -0.05) is 12.1 Å². The van der Waals surface area contributed by atoms with Crippen LogP contribution in [0, 0.1) is 10.1 Å². The van der Waals surface area contributed by atoms with Gasteiger partial charge in [-0.2, -0.15) is 0 Å². The van der Waals surface area contributed by atoms with Gasteiger partial charge in [0.1, 0.15) is 5.75 Å². The van der Waals surface area contributed by atoms with Crippen LogP contribution in [-0.2, 0) is 0 Å².